The van der Waals surface area contributed by atoms with Crippen molar-refractivity contribution in [2.75, 3.05) is 6.54 Å². The maximum absolute atomic E-state index is 13.1. The molecule has 0 radical (unpaired) electrons. The van der Waals surface area contributed by atoms with Gasteiger partial charge in [0, 0.05) is 6.54 Å². The van der Waals surface area contributed by atoms with Crippen molar-refractivity contribution in [3.8, 4) is 5.69 Å². The second-order valence-electron chi connectivity index (χ2n) is 5.95. The molecular weight excluding hydrogens is 440 g/mol. The Morgan fingerprint density at radius 1 is 1.38 bits per heavy atom. The van der Waals surface area contributed by atoms with Gasteiger partial charge in [-0.1, -0.05) is 30.7 Å². The van der Waals surface area contributed by atoms with Crippen molar-refractivity contribution >= 4 is 49.3 Å². The first-order valence-corrected chi connectivity index (χ1v) is 11.2. The summed E-state index contributed by atoms with van der Waals surface area (Å²) < 4.78 is 29.5. The molecule has 0 aliphatic rings. The molecule has 29 heavy (non-hydrogen) atoms. The second-order valence-corrected chi connectivity index (χ2v) is 9.18. The van der Waals surface area contributed by atoms with Crippen LogP contribution in [0.2, 0.25) is 5.02 Å². The molecule has 0 aliphatic carbocycles. The van der Waals surface area contributed by atoms with Crippen LogP contribution in [0.15, 0.2) is 39.3 Å². The Kier molecular flexibility index (Phi) is 6.22. The number of sulfonamides is 1. The average molecular weight is 457 g/mol. The number of nitrogens with zero attached hydrogens (tertiary/aromatic N) is 2. The van der Waals surface area contributed by atoms with Crippen LogP contribution in [0.25, 0.3) is 15.9 Å². The average Bonchev–Trinajstić information content (AvgIpc) is 3.11. The Balaban J connectivity index is 2.16. The maximum atomic E-state index is 13.1. The molecule has 1 aromatic carbocycles. The lowest BCUT2D eigenvalue weighted by molar-refractivity contribution is 0.136. The molecule has 2 aromatic heterocycles. The molecule has 1 amide bonds. The minimum atomic E-state index is -4.01. The lowest BCUT2D eigenvalue weighted by Gasteiger charge is -2.14. The lowest BCUT2D eigenvalue weighted by atomic mass is 10.3. The van der Waals surface area contributed by atoms with Gasteiger partial charge in [0.1, 0.15) is 9.04 Å². The van der Waals surface area contributed by atoms with E-state index < -0.39 is 21.7 Å². The largest absolute Gasteiger partial charge is 0.441 e. The van der Waals surface area contributed by atoms with E-state index >= 15 is 0 Å². The summed E-state index contributed by atoms with van der Waals surface area (Å²) >= 11 is 7.00. The summed E-state index contributed by atoms with van der Waals surface area (Å²) in [6.45, 7) is 2.00. The molecule has 2 heterocycles. The number of primary sulfonamides is 1. The smallest absolute Gasteiger partial charge is 0.407 e. The Morgan fingerprint density at radius 3 is 2.76 bits per heavy atom. The van der Waals surface area contributed by atoms with Crippen molar-refractivity contribution < 1.29 is 17.9 Å². The molecule has 12 heteroatoms. The molecule has 0 aliphatic heterocycles. The van der Waals surface area contributed by atoms with Gasteiger partial charge < -0.3 is 10.1 Å². The molecule has 0 saturated heterocycles. The molecule has 0 unspecified atom stereocenters. The molecule has 0 spiro atoms. The SMILES string of the molecule is CCCNC(=O)OCc1nc2sc(S(N)(=O)=O)cc2c(=O)n1-c1ccccc1Cl. The molecule has 3 N–H and O–H groups in total. The zero-order chi connectivity index (χ0) is 21.2. The van der Waals surface area contributed by atoms with Gasteiger partial charge in [0.15, 0.2) is 12.4 Å². The second kappa shape index (κ2) is 8.49. The Hall–Kier alpha value is -2.47. The van der Waals surface area contributed by atoms with Gasteiger partial charge in [-0.05, 0) is 24.6 Å². The monoisotopic (exact) mass is 456 g/mol. The minimum absolute atomic E-state index is 0.0677. The van der Waals surface area contributed by atoms with Crippen LogP contribution in [0.5, 0.6) is 0 Å². The van der Waals surface area contributed by atoms with Crippen molar-refractivity contribution in [2.45, 2.75) is 24.2 Å². The number of rotatable bonds is 6. The fourth-order valence-electron chi connectivity index (χ4n) is 2.53. The molecular formula is C17H17ClN4O5S2. The zero-order valence-electron chi connectivity index (χ0n) is 15.2. The van der Waals surface area contributed by atoms with Gasteiger partial charge in [-0.2, -0.15) is 0 Å². The number of thiophene rings is 1. The number of carbonyl (C=O) groups excluding carboxylic acids is 1. The summed E-state index contributed by atoms with van der Waals surface area (Å²) in [5.74, 6) is 0.0880. The topological polar surface area (TPSA) is 133 Å². The van der Waals surface area contributed by atoms with Gasteiger partial charge >= 0.3 is 6.09 Å². The molecule has 154 valence electrons. The van der Waals surface area contributed by atoms with Crippen molar-refractivity contribution in [2.24, 2.45) is 5.14 Å². The predicted molar refractivity (Wildman–Crippen MR) is 110 cm³/mol. The van der Waals surface area contributed by atoms with Gasteiger partial charge in [-0.25, -0.2) is 23.3 Å². The van der Waals surface area contributed by atoms with Gasteiger partial charge in [0.25, 0.3) is 5.56 Å². The van der Waals surface area contributed by atoms with E-state index in [1.807, 2.05) is 6.92 Å². The van der Waals surface area contributed by atoms with E-state index in [0.29, 0.717) is 12.2 Å². The van der Waals surface area contributed by atoms with Crippen molar-refractivity contribution in [1.29, 1.82) is 0 Å². The molecule has 0 saturated carbocycles. The lowest BCUT2D eigenvalue weighted by Crippen LogP contribution is -2.28. The van der Waals surface area contributed by atoms with Crippen molar-refractivity contribution in [1.82, 2.24) is 14.9 Å². The number of amides is 1. The Labute approximate surface area is 175 Å². The van der Waals surface area contributed by atoms with E-state index in [1.165, 1.54) is 10.6 Å². The first kappa shape index (κ1) is 21.2. The number of fused-ring (bicyclic) bond motifs is 1. The highest BCUT2D eigenvalue weighted by Crippen LogP contribution is 2.27. The van der Waals surface area contributed by atoms with Crippen LogP contribution in [-0.2, 0) is 21.4 Å². The van der Waals surface area contributed by atoms with Crippen LogP contribution >= 0.6 is 22.9 Å². The van der Waals surface area contributed by atoms with Crippen LogP contribution in [0, 0.1) is 0 Å². The number of hydrogen-bond donors (Lipinski definition) is 2. The summed E-state index contributed by atoms with van der Waals surface area (Å²) in [4.78, 5) is 29.4. The molecule has 9 nitrogen and oxygen atoms in total. The van der Waals surface area contributed by atoms with E-state index in [0.717, 1.165) is 17.8 Å². The molecule has 3 rings (SSSR count). The number of nitrogens with two attached hydrogens (primary N) is 1. The van der Waals surface area contributed by atoms with E-state index in [2.05, 4.69) is 10.3 Å². The summed E-state index contributed by atoms with van der Waals surface area (Å²) in [6.07, 6.45) is 0.0677. The predicted octanol–water partition coefficient (Wildman–Crippen LogP) is 2.38. The quantitative estimate of drug-likeness (QED) is 0.585. The highest BCUT2D eigenvalue weighted by Gasteiger charge is 2.21. The van der Waals surface area contributed by atoms with Crippen LogP contribution < -0.4 is 16.0 Å². The number of para-hydroxylation sites is 1. The standard InChI is InChI=1S/C17H17ClN4O5S2/c1-2-7-20-17(24)27-9-13-21-15-10(8-14(28-15)29(19,25)26)16(23)22(13)12-6-4-3-5-11(12)18/h3-6,8H,2,7,9H2,1H3,(H,20,24)(H2,19,25,26). The number of ether oxygens (including phenoxy) is 1. The van der Waals surface area contributed by atoms with E-state index in [9.17, 15) is 18.0 Å². The summed E-state index contributed by atoms with van der Waals surface area (Å²) in [7, 11) is -4.01. The molecule has 0 fully saturated rings. The normalized spacial score (nSPS) is 11.6. The summed E-state index contributed by atoms with van der Waals surface area (Å²) in [6, 6.07) is 7.75. The number of alkyl carbamates (subject to hydrolysis) is 1. The van der Waals surface area contributed by atoms with Crippen molar-refractivity contribution in [3.63, 3.8) is 0 Å². The highest BCUT2D eigenvalue weighted by molar-refractivity contribution is 7.91. The third-order valence-electron chi connectivity index (χ3n) is 3.84. The van der Waals surface area contributed by atoms with Gasteiger partial charge in [-0.3, -0.25) is 9.36 Å². The highest BCUT2D eigenvalue weighted by atomic mass is 35.5. The maximum Gasteiger partial charge on any atom is 0.407 e. The van der Waals surface area contributed by atoms with Gasteiger partial charge in [-0.15, -0.1) is 11.3 Å². The Morgan fingerprint density at radius 2 is 2.10 bits per heavy atom. The van der Waals surface area contributed by atoms with Crippen LogP contribution in [-0.4, -0.2) is 30.6 Å². The number of benzene rings is 1. The molecule has 3 aromatic rings. The minimum Gasteiger partial charge on any atom is -0.441 e. The fraction of sp³-hybridized carbons (Fsp3) is 0.235. The van der Waals surface area contributed by atoms with Crippen LogP contribution in [0.1, 0.15) is 19.2 Å². The first-order chi connectivity index (χ1) is 13.7. The Bertz CT molecular complexity index is 1240. The summed E-state index contributed by atoms with van der Waals surface area (Å²) in [5, 5.41) is 8.07. The third-order valence-corrected chi connectivity index (χ3v) is 6.61. The van der Waals surface area contributed by atoms with Crippen LogP contribution in [0.4, 0.5) is 4.79 Å². The number of aromatic nitrogens is 2. The van der Waals surface area contributed by atoms with E-state index in [-0.39, 0.29) is 31.9 Å². The molecule has 0 atom stereocenters. The van der Waals surface area contributed by atoms with E-state index in [4.69, 9.17) is 21.5 Å². The number of halogens is 1. The third kappa shape index (κ3) is 4.58. The summed E-state index contributed by atoms with van der Waals surface area (Å²) in [5.41, 5.74) is -0.230. The van der Waals surface area contributed by atoms with Crippen LogP contribution in [0.3, 0.4) is 0 Å². The molecule has 0 bridgehead atoms. The number of carbonyl (C=O) groups is 1. The number of nitrogens with one attached hydrogen (secondary N) is 1. The van der Waals surface area contributed by atoms with Gasteiger partial charge in [0.05, 0.1) is 16.1 Å². The first-order valence-electron chi connectivity index (χ1n) is 8.46. The number of hydrogen-bond acceptors (Lipinski definition) is 7. The van der Waals surface area contributed by atoms with Gasteiger partial charge in [0.2, 0.25) is 10.0 Å². The van der Waals surface area contributed by atoms with Crippen molar-refractivity contribution in [3.05, 3.63) is 51.5 Å². The van der Waals surface area contributed by atoms with E-state index in [1.54, 1.807) is 24.3 Å². The fourth-order valence-corrected chi connectivity index (χ4v) is 4.51. The zero-order valence-corrected chi connectivity index (χ0v) is 17.6.